The van der Waals surface area contributed by atoms with Gasteiger partial charge in [0.05, 0.1) is 16.2 Å². The molecule has 3 aromatic rings. The highest BCUT2D eigenvalue weighted by Gasteiger charge is 2.38. The molecule has 1 aliphatic heterocycles. The number of amides is 1. The van der Waals surface area contributed by atoms with Crippen molar-refractivity contribution in [1.29, 1.82) is 0 Å². The molecule has 7 heteroatoms. The van der Waals surface area contributed by atoms with E-state index in [1.54, 1.807) is 35.4 Å². The molecular weight excluding hydrogens is 344 g/mol. The molecule has 0 radical (unpaired) electrons. The van der Waals surface area contributed by atoms with E-state index in [-0.39, 0.29) is 11.6 Å². The molecule has 27 heavy (non-hydrogen) atoms. The molecule has 2 heterocycles. The summed E-state index contributed by atoms with van der Waals surface area (Å²) in [5, 5.41) is 14.1. The first-order valence-corrected chi connectivity index (χ1v) is 8.41. The number of benzene rings is 2. The normalized spacial score (nSPS) is 15.5. The second-order valence-corrected chi connectivity index (χ2v) is 6.30. The molecule has 0 saturated heterocycles. The number of nitro groups is 1. The molecule has 0 saturated carbocycles. The second kappa shape index (κ2) is 6.53. The maximum absolute atomic E-state index is 13.0. The number of non-ortho nitro benzene ring substituents is 1. The van der Waals surface area contributed by atoms with Gasteiger partial charge in [-0.15, -0.1) is 0 Å². The molecule has 134 valence electrons. The van der Waals surface area contributed by atoms with Gasteiger partial charge in [-0.3, -0.25) is 24.8 Å². The van der Waals surface area contributed by atoms with E-state index in [2.05, 4.69) is 10.3 Å². The van der Waals surface area contributed by atoms with Crippen LogP contribution in [0, 0.1) is 17.0 Å². The van der Waals surface area contributed by atoms with Crippen LogP contribution >= 0.6 is 0 Å². The number of aromatic nitrogens is 1. The third kappa shape index (κ3) is 2.99. The number of hydrogen-bond acceptors (Lipinski definition) is 5. The lowest BCUT2D eigenvalue weighted by molar-refractivity contribution is -0.384. The summed E-state index contributed by atoms with van der Waals surface area (Å²) in [5.74, 6) is -0.138. The fourth-order valence-corrected chi connectivity index (χ4v) is 3.13. The minimum atomic E-state index is -0.502. The Labute approximate surface area is 155 Å². The number of carbonyl (C=O) groups excluding carboxylic acids is 1. The van der Waals surface area contributed by atoms with Crippen molar-refractivity contribution in [2.45, 2.75) is 13.1 Å². The zero-order chi connectivity index (χ0) is 19.0. The predicted octanol–water partition coefficient (Wildman–Crippen LogP) is 4.07. The molecule has 1 atom stereocenters. The van der Waals surface area contributed by atoms with E-state index < -0.39 is 11.1 Å². The van der Waals surface area contributed by atoms with Crippen molar-refractivity contribution >= 4 is 23.0 Å². The Morgan fingerprint density at radius 2 is 1.78 bits per heavy atom. The number of carbonyl (C=O) groups is 1. The summed E-state index contributed by atoms with van der Waals surface area (Å²) in [5.41, 5.74) is 3.69. The van der Waals surface area contributed by atoms with Crippen LogP contribution in [0.4, 0.5) is 17.1 Å². The van der Waals surface area contributed by atoms with E-state index in [1.807, 2.05) is 31.2 Å². The van der Waals surface area contributed by atoms with Crippen LogP contribution in [0.3, 0.4) is 0 Å². The van der Waals surface area contributed by atoms with Crippen LogP contribution in [-0.2, 0) is 0 Å². The summed E-state index contributed by atoms with van der Waals surface area (Å²) in [6.07, 6.45) is 1.15. The van der Waals surface area contributed by atoms with Crippen molar-refractivity contribution in [3.8, 4) is 0 Å². The molecule has 1 amide bonds. The Morgan fingerprint density at radius 1 is 1.07 bits per heavy atom. The fourth-order valence-electron chi connectivity index (χ4n) is 3.13. The molecule has 0 fully saturated rings. The Kier molecular flexibility index (Phi) is 4.04. The van der Waals surface area contributed by atoms with Gasteiger partial charge in [0.25, 0.3) is 11.6 Å². The molecule has 1 aromatic heterocycles. The molecule has 0 unspecified atom stereocenters. The van der Waals surface area contributed by atoms with Crippen LogP contribution in [-0.4, -0.2) is 15.8 Å². The molecule has 1 N–H and O–H groups in total. The van der Waals surface area contributed by atoms with Gasteiger partial charge in [0, 0.05) is 29.7 Å². The molecule has 0 bridgehead atoms. The van der Waals surface area contributed by atoms with E-state index in [9.17, 15) is 14.9 Å². The Bertz CT molecular complexity index is 1020. The fraction of sp³-hybridized carbons (Fsp3) is 0.100. The van der Waals surface area contributed by atoms with E-state index in [0.717, 1.165) is 11.3 Å². The van der Waals surface area contributed by atoms with Crippen LogP contribution in [0.2, 0.25) is 0 Å². The first-order chi connectivity index (χ1) is 13.0. The largest absolute Gasteiger partial charge is 0.360 e. The standard InChI is InChI=1S/C20H16N4O3/c1-13-4-8-15(9-5-13)23-19(18-17(20(23)25)3-2-12-21-18)22-14-6-10-16(11-7-14)24(26)27/h2-12,19,22H,1H3/t19-/m0/s1. The number of fused-ring (bicyclic) bond motifs is 1. The van der Waals surface area contributed by atoms with Crippen LogP contribution < -0.4 is 10.2 Å². The van der Waals surface area contributed by atoms with Gasteiger partial charge < -0.3 is 5.32 Å². The summed E-state index contributed by atoms with van der Waals surface area (Å²) in [6, 6.07) is 17.3. The second-order valence-electron chi connectivity index (χ2n) is 6.30. The molecule has 7 nitrogen and oxygen atoms in total. The molecular formula is C20H16N4O3. The number of anilines is 2. The van der Waals surface area contributed by atoms with Gasteiger partial charge in [0.2, 0.25) is 0 Å². The van der Waals surface area contributed by atoms with E-state index >= 15 is 0 Å². The number of nitrogens with zero attached hydrogens (tertiary/aromatic N) is 3. The van der Waals surface area contributed by atoms with E-state index in [4.69, 9.17) is 0 Å². The van der Waals surface area contributed by atoms with Crippen LogP contribution in [0.15, 0.2) is 66.9 Å². The number of pyridine rings is 1. The first kappa shape index (κ1) is 16.7. The maximum Gasteiger partial charge on any atom is 0.269 e. The SMILES string of the molecule is Cc1ccc(N2C(=O)c3cccnc3[C@H]2Nc2ccc([N+](=O)[O-])cc2)cc1. The minimum Gasteiger partial charge on any atom is -0.360 e. The summed E-state index contributed by atoms with van der Waals surface area (Å²) in [7, 11) is 0. The topological polar surface area (TPSA) is 88.4 Å². The summed E-state index contributed by atoms with van der Waals surface area (Å²) < 4.78 is 0. The first-order valence-electron chi connectivity index (χ1n) is 8.41. The van der Waals surface area contributed by atoms with Crippen LogP contribution in [0.5, 0.6) is 0 Å². The lowest BCUT2D eigenvalue weighted by Gasteiger charge is -2.26. The summed E-state index contributed by atoms with van der Waals surface area (Å²) in [4.78, 5) is 29.4. The van der Waals surface area contributed by atoms with E-state index in [1.165, 1.54) is 12.1 Å². The summed E-state index contributed by atoms with van der Waals surface area (Å²) in [6.45, 7) is 1.98. The highest BCUT2D eigenvalue weighted by molar-refractivity contribution is 6.11. The Balaban J connectivity index is 1.73. The predicted molar refractivity (Wildman–Crippen MR) is 102 cm³/mol. The molecule has 4 rings (SSSR count). The van der Waals surface area contributed by atoms with Gasteiger partial charge in [-0.1, -0.05) is 17.7 Å². The zero-order valence-corrected chi connectivity index (χ0v) is 14.5. The monoisotopic (exact) mass is 360 g/mol. The van der Waals surface area contributed by atoms with Crippen molar-refractivity contribution in [3.63, 3.8) is 0 Å². The van der Waals surface area contributed by atoms with Crippen molar-refractivity contribution < 1.29 is 9.72 Å². The number of nitrogens with one attached hydrogen (secondary N) is 1. The molecule has 2 aromatic carbocycles. The highest BCUT2D eigenvalue weighted by atomic mass is 16.6. The van der Waals surface area contributed by atoms with Gasteiger partial charge in [0.15, 0.2) is 6.17 Å². The lowest BCUT2D eigenvalue weighted by Crippen LogP contribution is -2.32. The smallest absolute Gasteiger partial charge is 0.269 e. The van der Waals surface area contributed by atoms with Gasteiger partial charge in [-0.05, 0) is 43.3 Å². The van der Waals surface area contributed by atoms with Gasteiger partial charge in [0.1, 0.15) is 0 Å². The van der Waals surface area contributed by atoms with Crippen molar-refractivity contribution in [1.82, 2.24) is 4.98 Å². The van der Waals surface area contributed by atoms with E-state index in [0.29, 0.717) is 16.9 Å². The van der Waals surface area contributed by atoms with Crippen molar-refractivity contribution in [2.75, 3.05) is 10.2 Å². The highest BCUT2D eigenvalue weighted by Crippen LogP contribution is 2.37. The Hall–Kier alpha value is -3.74. The lowest BCUT2D eigenvalue weighted by atomic mass is 10.2. The minimum absolute atomic E-state index is 0.0111. The summed E-state index contributed by atoms with van der Waals surface area (Å²) >= 11 is 0. The number of aryl methyl sites for hydroxylation is 1. The zero-order valence-electron chi connectivity index (χ0n) is 14.5. The van der Waals surface area contributed by atoms with Crippen LogP contribution in [0.25, 0.3) is 0 Å². The maximum atomic E-state index is 13.0. The molecule has 0 aliphatic carbocycles. The number of hydrogen-bond donors (Lipinski definition) is 1. The third-order valence-electron chi connectivity index (χ3n) is 4.50. The quantitative estimate of drug-likeness (QED) is 0.560. The van der Waals surface area contributed by atoms with Crippen molar-refractivity contribution in [2.24, 2.45) is 0 Å². The number of nitro benzene ring substituents is 1. The average Bonchev–Trinajstić information content (AvgIpc) is 2.95. The van der Waals surface area contributed by atoms with Crippen LogP contribution in [0.1, 0.15) is 27.8 Å². The Morgan fingerprint density at radius 3 is 2.44 bits per heavy atom. The van der Waals surface area contributed by atoms with Gasteiger partial charge in [-0.25, -0.2) is 0 Å². The third-order valence-corrected chi connectivity index (χ3v) is 4.50. The average molecular weight is 360 g/mol. The molecule has 1 aliphatic rings. The number of rotatable bonds is 4. The van der Waals surface area contributed by atoms with Gasteiger partial charge in [-0.2, -0.15) is 0 Å². The van der Waals surface area contributed by atoms with Crippen molar-refractivity contribution in [3.05, 3.63) is 93.8 Å². The molecule has 0 spiro atoms. The van der Waals surface area contributed by atoms with Gasteiger partial charge >= 0.3 is 0 Å².